The highest BCUT2D eigenvalue weighted by Crippen LogP contribution is 2.14. The fourth-order valence-corrected chi connectivity index (χ4v) is 1.04. The molecule has 0 atom stereocenters. The van der Waals surface area contributed by atoms with Crippen molar-refractivity contribution in [2.75, 3.05) is 11.0 Å². The first kappa shape index (κ1) is 7.41. The summed E-state index contributed by atoms with van der Waals surface area (Å²) in [4.78, 5) is 0. The Kier molecular flexibility index (Phi) is 2.57. The van der Waals surface area contributed by atoms with Gasteiger partial charge in [-0.15, -0.1) is 0 Å². The van der Waals surface area contributed by atoms with Crippen molar-refractivity contribution in [2.45, 2.75) is 0 Å². The van der Waals surface area contributed by atoms with Crippen molar-refractivity contribution >= 4 is 17.6 Å². The van der Waals surface area contributed by atoms with Crippen molar-refractivity contribution in [3.05, 3.63) is 30.1 Å². The lowest BCUT2D eigenvalue weighted by Crippen LogP contribution is -1.87. The normalized spacial score (nSPS) is 9.40. The lowest BCUT2D eigenvalue weighted by atomic mass is 10.3. The molecule has 0 radical (unpaired) electrons. The van der Waals surface area contributed by atoms with Crippen LogP contribution in [0.1, 0.15) is 0 Å². The van der Waals surface area contributed by atoms with Gasteiger partial charge in [-0.3, -0.25) is 0 Å². The van der Waals surface area contributed by atoms with Crippen LogP contribution in [0.2, 0.25) is 0 Å². The Bertz CT molecular complexity index is 215. The van der Waals surface area contributed by atoms with Crippen molar-refractivity contribution in [1.29, 1.82) is 0 Å². The summed E-state index contributed by atoms with van der Waals surface area (Å²) in [7, 11) is 0. The Morgan fingerprint density at radius 1 is 1.40 bits per heavy atom. The summed E-state index contributed by atoms with van der Waals surface area (Å²) >= 11 is 1.38. The Hall–Kier alpha value is -0.700. The van der Waals surface area contributed by atoms with Gasteiger partial charge in [0.05, 0.1) is 5.69 Å². The maximum atomic E-state index is 12.7. The van der Waals surface area contributed by atoms with Gasteiger partial charge < -0.3 is 4.72 Å². The van der Waals surface area contributed by atoms with E-state index in [9.17, 15) is 4.39 Å². The standard InChI is InChI=1S/C7H8FNS/c1-10-9-7-5-3-2-4-6(7)8/h2-5,9H,1H3. The van der Waals surface area contributed by atoms with Crippen molar-refractivity contribution in [3.8, 4) is 0 Å². The van der Waals surface area contributed by atoms with Gasteiger partial charge in [-0.05, 0) is 12.1 Å². The minimum absolute atomic E-state index is 0.211. The molecule has 0 amide bonds. The SMILES string of the molecule is CSNc1ccccc1F. The van der Waals surface area contributed by atoms with E-state index in [-0.39, 0.29) is 5.82 Å². The van der Waals surface area contributed by atoms with E-state index in [0.29, 0.717) is 5.69 Å². The zero-order valence-electron chi connectivity index (χ0n) is 5.60. The molecule has 0 fully saturated rings. The average Bonchev–Trinajstić information content (AvgIpc) is 1.94. The van der Waals surface area contributed by atoms with Crippen LogP contribution in [0.15, 0.2) is 24.3 Å². The number of benzene rings is 1. The maximum absolute atomic E-state index is 12.7. The highest BCUT2D eigenvalue weighted by Gasteiger charge is 1.95. The largest absolute Gasteiger partial charge is 0.328 e. The van der Waals surface area contributed by atoms with Crippen LogP contribution in [0.3, 0.4) is 0 Å². The smallest absolute Gasteiger partial charge is 0.147 e. The second-order valence-corrected chi connectivity index (χ2v) is 2.40. The first-order valence-corrected chi connectivity index (χ1v) is 4.10. The number of para-hydroxylation sites is 1. The highest BCUT2D eigenvalue weighted by molar-refractivity contribution is 7.99. The van der Waals surface area contributed by atoms with Crippen LogP contribution in [-0.4, -0.2) is 6.26 Å². The molecule has 0 saturated carbocycles. The number of hydrogen-bond donors (Lipinski definition) is 1. The van der Waals surface area contributed by atoms with E-state index in [1.54, 1.807) is 18.2 Å². The van der Waals surface area contributed by atoms with E-state index in [0.717, 1.165) is 0 Å². The van der Waals surface area contributed by atoms with Gasteiger partial charge in [0.1, 0.15) is 5.82 Å². The second kappa shape index (κ2) is 3.46. The fourth-order valence-electron chi connectivity index (χ4n) is 0.654. The molecule has 0 aliphatic heterocycles. The van der Waals surface area contributed by atoms with Crippen molar-refractivity contribution in [2.24, 2.45) is 0 Å². The number of hydrogen-bond acceptors (Lipinski definition) is 2. The molecule has 0 heterocycles. The molecule has 1 aromatic rings. The van der Waals surface area contributed by atoms with E-state index in [4.69, 9.17) is 0 Å². The summed E-state index contributed by atoms with van der Waals surface area (Å²) in [5.41, 5.74) is 0.537. The Morgan fingerprint density at radius 3 is 2.70 bits per heavy atom. The van der Waals surface area contributed by atoms with Gasteiger partial charge in [0.15, 0.2) is 0 Å². The van der Waals surface area contributed by atoms with E-state index in [1.165, 1.54) is 18.0 Å². The monoisotopic (exact) mass is 157 g/mol. The summed E-state index contributed by atoms with van der Waals surface area (Å²) < 4.78 is 15.5. The van der Waals surface area contributed by atoms with Crippen LogP contribution in [-0.2, 0) is 0 Å². The first-order valence-electron chi connectivity index (χ1n) is 2.88. The van der Waals surface area contributed by atoms with Crippen LogP contribution < -0.4 is 4.72 Å². The highest BCUT2D eigenvalue weighted by atomic mass is 32.2. The van der Waals surface area contributed by atoms with Crippen LogP contribution in [0, 0.1) is 5.82 Å². The lowest BCUT2D eigenvalue weighted by Gasteiger charge is -2.00. The van der Waals surface area contributed by atoms with Gasteiger partial charge >= 0.3 is 0 Å². The van der Waals surface area contributed by atoms with Crippen molar-refractivity contribution in [1.82, 2.24) is 0 Å². The summed E-state index contributed by atoms with van der Waals surface area (Å²) in [6, 6.07) is 6.59. The van der Waals surface area contributed by atoms with Crippen LogP contribution in [0.25, 0.3) is 0 Å². The molecule has 0 bridgehead atoms. The Labute approximate surface area is 63.8 Å². The fraction of sp³-hybridized carbons (Fsp3) is 0.143. The molecule has 1 nitrogen and oxygen atoms in total. The molecule has 1 N–H and O–H groups in total. The summed E-state index contributed by atoms with van der Waals surface area (Å²) in [6.45, 7) is 0. The van der Waals surface area contributed by atoms with E-state index >= 15 is 0 Å². The summed E-state index contributed by atoms with van der Waals surface area (Å²) in [5, 5.41) is 0. The van der Waals surface area contributed by atoms with Crippen LogP contribution in [0.5, 0.6) is 0 Å². The molecular weight excluding hydrogens is 149 g/mol. The predicted octanol–water partition coefficient (Wildman–Crippen LogP) is 2.52. The van der Waals surface area contributed by atoms with E-state index in [2.05, 4.69) is 4.72 Å². The number of rotatable bonds is 2. The molecule has 0 aliphatic carbocycles. The third kappa shape index (κ3) is 1.64. The lowest BCUT2D eigenvalue weighted by molar-refractivity contribution is 0.632. The molecule has 0 unspecified atom stereocenters. The topological polar surface area (TPSA) is 12.0 Å². The number of halogens is 1. The van der Waals surface area contributed by atoms with Gasteiger partial charge in [0, 0.05) is 6.26 Å². The zero-order valence-corrected chi connectivity index (χ0v) is 6.41. The maximum Gasteiger partial charge on any atom is 0.147 e. The van der Waals surface area contributed by atoms with Gasteiger partial charge in [-0.1, -0.05) is 24.1 Å². The van der Waals surface area contributed by atoms with Crippen LogP contribution >= 0.6 is 11.9 Å². The molecule has 1 aromatic carbocycles. The van der Waals surface area contributed by atoms with Gasteiger partial charge in [0.2, 0.25) is 0 Å². The first-order chi connectivity index (χ1) is 4.84. The predicted molar refractivity (Wildman–Crippen MR) is 43.5 cm³/mol. The van der Waals surface area contributed by atoms with Crippen LogP contribution in [0.4, 0.5) is 10.1 Å². The summed E-state index contributed by atoms with van der Waals surface area (Å²) in [5.74, 6) is -0.211. The van der Waals surface area contributed by atoms with Crippen molar-refractivity contribution in [3.63, 3.8) is 0 Å². The molecular formula is C7H8FNS. The molecule has 0 aliphatic rings. The second-order valence-electron chi connectivity index (χ2n) is 1.79. The number of nitrogens with one attached hydrogen (secondary N) is 1. The number of anilines is 1. The quantitative estimate of drug-likeness (QED) is 0.662. The summed E-state index contributed by atoms with van der Waals surface area (Å²) in [6.07, 6.45) is 1.85. The van der Waals surface area contributed by atoms with E-state index < -0.39 is 0 Å². The molecule has 54 valence electrons. The Morgan fingerprint density at radius 2 is 2.10 bits per heavy atom. The average molecular weight is 157 g/mol. The molecule has 3 heteroatoms. The third-order valence-electron chi connectivity index (χ3n) is 1.09. The molecule has 1 rings (SSSR count). The van der Waals surface area contributed by atoms with Gasteiger partial charge in [0.25, 0.3) is 0 Å². The van der Waals surface area contributed by atoms with Crippen molar-refractivity contribution < 1.29 is 4.39 Å². The molecule has 0 aromatic heterocycles. The molecule has 0 spiro atoms. The molecule has 10 heavy (non-hydrogen) atoms. The zero-order chi connectivity index (χ0) is 7.40. The van der Waals surface area contributed by atoms with Gasteiger partial charge in [-0.2, -0.15) is 0 Å². The molecule has 0 saturated heterocycles. The Balaban J connectivity index is 2.81. The minimum Gasteiger partial charge on any atom is -0.328 e. The van der Waals surface area contributed by atoms with E-state index in [1.807, 2.05) is 6.26 Å². The third-order valence-corrected chi connectivity index (χ3v) is 1.51. The minimum atomic E-state index is -0.211. The van der Waals surface area contributed by atoms with Gasteiger partial charge in [-0.25, -0.2) is 4.39 Å².